The number of fused-ring (bicyclic) bond motifs is 1. The number of halogens is 2. The second-order valence-electron chi connectivity index (χ2n) is 5.47. The van der Waals surface area contributed by atoms with Gasteiger partial charge in [0.1, 0.15) is 0 Å². The third-order valence-corrected chi connectivity index (χ3v) is 4.05. The van der Waals surface area contributed by atoms with Crippen LogP contribution in [0.2, 0.25) is 0 Å². The predicted octanol–water partition coefficient (Wildman–Crippen LogP) is 3.29. The summed E-state index contributed by atoms with van der Waals surface area (Å²) in [6.45, 7) is 3.90. The van der Waals surface area contributed by atoms with Crippen LogP contribution in [0.15, 0.2) is 24.3 Å². The van der Waals surface area contributed by atoms with Crippen molar-refractivity contribution in [3.8, 4) is 0 Å². The van der Waals surface area contributed by atoms with Gasteiger partial charge in [-0.1, -0.05) is 26.0 Å². The second-order valence-corrected chi connectivity index (χ2v) is 5.47. The summed E-state index contributed by atoms with van der Waals surface area (Å²) >= 11 is 0. The van der Waals surface area contributed by atoms with Crippen LogP contribution in [-0.2, 0) is 0 Å². The third kappa shape index (κ3) is 1.88. The molecule has 1 saturated heterocycles. The molecule has 0 amide bonds. The molecule has 0 bridgehead atoms. The van der Waals surface area contributed by atoms with E-state index in [1.807, 2.05) is 29.2 Å². The van der Waals surface area contributed by atoms with Gasteiger partial charge in [-0.15, -0.1) is 0 Å². The highest BCUT2D eigenvalue weighted by atomic mass is 19.3. The molecule has 1 aliphatic rings. The number of benzene rings is 1. The summed E-state index contributed by atoms with van der Waals surface area (Å²) in [5, 5.41) is 8.24. The zero-order valence-electron chi connectivity index (χ0n) is 11.0. The summed E-state index contributed by atoms with van der Waals surface area (Å²) < 4.78 is 27.7. The lowest BCUT2D eigenvalue weighted by atomic mass is 9.87. The molecule has 19 heavy (non-hydrogen) atoms. The Labute approximate surface area is 110 Å². The summed E-state index contributed by atoms with van der Waals surface area (Å²) in [6.07, 6.45) is 0. The SMILES string of the molecule is C[C@@H]1CN(c2n[nH]c3ccccc23)C[C@H](C)C1(F)F. The van der Waals surface area contributed by atoms with E-state index in [0.29, 0.717) is 13.1 Å². The molecule has 102 valence electrons. The highest BCUT2D eigenvalue weighted by Gasteiger charge is 2.47. The van der Waals surface area contributed by atoms with Crippen LogP contribution in [0.5, 0.6) is 0 Å². The molecule has 5 heteroatoms. The zero-order valence-corrected chi connectivity index (χ0v) is 11.0. The second kappa shape index (κ2) is 4.18. The molecule has 3 nitrogen and oxygen atoms in total. The molecule has 1 fully saturated rings. The average molecular weight is 265 g/mol. The van der Waals surface area contributed by atoms with Crippen LogP contribution < -0.4 is 4.90 Å². The predicted molar refractivity (Wildman–Crippen MR) is 71.6 cm³/mol. The standard InChI is InChI=1S/C14H17F2N3/c1-9-7-19(8-10(2)14(9,15)16)13-11-5-3-4-6-12(11)17-18-13/h3-6,9-10H,7-8H2,1-2H3,(H,17,18)/t9-,10+. The fourth-order valence-electron chi connectivity index (χ4n) is 2.83. The molecular weight excluding hydrogens is 248 g/mol. The lowest BCUT2D eigenvalue weighted by Crippen LogP contribution is -2.51. The highest BCUT2D eigenvalue weighted by molar-refractivity contribution is 5.90. The molecule has 1 aromatic heterocycles. The largest absolute Gasteiger partial charge is 0.354 e. The van der Waals surface area contributed by atoms with E-state index < -0.39 is 17.8 Å². The van der Waals surface area contributed by atoms with Gasteiger partial charge in [-0.3, -0.25) is 5.10 Å². The number of alkyl halides is 2. The van der Waals surface area contributed by atoms with Crippen LogP contribution in [-0.4, -0.2) is 29.2 Å². The summed E-state index contributed by atoms with van der Waals surface area (Å²) in [5.41, 5.74) is 0.940. The Hall–Kier alpha value is -1.65. The molecule has 1 aromatic carbocycles. The van der Waals surface area contributed by atoms with E-state index >= 15 is 0 Å². The van der Waals surface area contributed by atoms with E-state index in [-0.39, 0.29) is 0 Å². The van der Waals surface area contributed by atoms with Crippen LogP contribution >= 0.6 is 0 Å². The van der Waals surface area contributed by atoms with Gasteiger partial charge in [0.2, 0.25) is 0 Å². The molecule has 1 aliphatic heterocycles. The van der Waals surface area contributed by atoms with Crippen molar-refractivity contribution in [2.24, 2.45) is 11.8 Å². The van der Waals surface area contributed by atoms with Gasteiger partial charge in [0, 0.05) is 30.3 Å². The Morgan fingerprint density at radius 1 is 1.21 bits per heavy atom. The molecule has 2 aromatic rings. The number of rotatable bonds is 1. The Balaban J connectivity index is 1.95. The smallest absolute Gasteiger partial charge is 0.256 e. The molecule has 0 aliphatic carbocycles. The molecule has 3 rings (SSSR count). The van der Waals surface area contributed by atoms with Gasteiger partial charge in [0.15, 0.2) is 5.82 Å². The molecular formula is C14H17F2N3. The summed E-state index contributed by atoms with van der Waals surface area (Å²) in [7, 11) is 0. The van der Waals surface area contributed by atoms with Crippen LogP contribution in [0.3, 0.4) is 0 Å². The first-order chi connectivity index (χ1) is 9.00. The first kappa shape index (κ1) is 12.4. The number of aromatic nitrogens is 2. The molecule has 1 N–H and O–H groups in total. The number of nitrogens with one attached hydrogen (secondary N) is 1. The first-order valence-electron chi connectivity index (χ1n) is 6.56. The lowest BCUT2D eigenvalue weighted by Gasteiger charge is -2.41. The Bertz CT molecular complexity index is 579. The molecule has 0 saturated carbocycles. The minimum Gasteiger partial charge on any atom is -0.354 e. The van der Waals surface area contributed by atoms with E-state index in [9.17, 15) is 8.78 Å². The minimum absolute atomic E-state index is 0.339. The molecule has 2 atom stereocenters. The van der Waals surface area contributed by atoms with Crippen molar-refractivity contribution >= 4 is 16.7 Å². The van der Waals surface area contributed by atoms with Gasteiger partial charge in [0.25, 0.3) is 5.92 Å². The van der Waals surface area contributed by atoms with Gasteiger partial charge in [-0.25, -0.2) is 8.78 Å². The zero-order chi connectivity index (χ0) is 13.6. The maximum Gasteiger partial charge on any atom is 0.256 e. The summed E-state index contributed by atoms with van der Waals surface area (Å²) in [5.74, 6) is -3.13. The number of para-hydroxylation sites is 1. The van der Waals surface area contributed by atoms with Gasteiger partial charge < -0.3 is 4.90 Å². The molecule has 0 spiro atoms. The van der Waals surface area contributed by atoms with E-state index in [4.69, 9.17) is 0 Å². The number of piperidine rings is 1. The van der Waals surface area contributed by atoms with Crippen molar-refractivity contribution in [2.45, 2.75) is 19.8 Å². The van der Waals surface area contributed by atoms with Crippen molar-refractivity contribution < 1.29 is 8.78 Å². The van der Waals surface area contributed by atoms with Gasteiger partial charge in [0.05, 0.1) is 5.52 Å². The average Bonchev–Trinajstić information content (AvgIpc) is 2.80. The van der Waals surface area contributed by atoms with Crippen molar-refractivity contribution in [3.05, 3.63) is 24.3 Å². The fourth-order valence-corrected chi connectivity index (χ4v) is 2.83. The number of nitrogens with zero attached hydrogens (tertiary/aromatic N) is 2. The van der Waals surface area contributed by atoms with Gasteiger partial charge >= 0.3 is 0 Å². The first-order valence-corrected chi connectivity index (χ1v) is 6.56. The van der Waals surface area contributed by atoms with Crippen molar-refractivity contribution in [3.63, 3.8) is 0 Å². The number of H-pyrrole nitrogens is 1. The van der Waals surface area contributed by atoms with Gasteiger partial charge in [-0.2, -0.15) is 5.10 Å². The summed E-state index contributed by atoms with van der Waals surface area (Å²) in [4.78, 5) is 1.96. The van der Waals surface area contributed by atoms with E-state index in [2.05, 4.69) is 10.2 Å². The normalized spacial score (nSPS) is 26.8. The number of aromatic amines is 1. The van der Waals surface area contributed by atoms with Crippen LogP contribution in [0, 0.1) is 11.8 Å². The Morgan fingerprint density at radius 2 is 1.84 bits per heavy atom. The van der Waals surface area contributed by atoms with E-state index in [0.717, 1.165) is 16.7 Å². The lowest BCUT2D eigenvalue weighted by molar-refractivity contribution is -0.105. The van der Waals surface area contributed by atoms with E-state index in [1.165, 1.54) is 0 Å². The number of hydrogen-bond donors (Lipinski definition) is 1. The third-order valence-electron chi connectivity index (χ3n) is 4.05. The maximum absolute atomic E-state index is 13.9. The van der Waals surface area contributed by atoms with E-state index in [1.54, 1.807) is 13.8 Å². The van der Waals surface area contributed by atoms with Crippen LogP contribution in [0.4, 0.5) is 14.6 Å². The van der Waals surface area contributed by atoms with Gasteiger partial charge in [-0.05, 0) is 12.1 Å². The van der Waals surface area contributed by atoms with Crippen molar-refractivity contribution in [1.29, 1.82) is 0 Å². The quantitative estimate of drug-likeness (QED) is 0.858. The molecule has 2 heterocycles. The molecule has 0 unspecified atom stereocenters. The minimum atomic E-state index is -2.59. The Morgan fingerprint density at radius 3 is 2.53 bits per heavy atom. The number of anilines is 1. The van der Waals surface area contributed by atoms with Crippen LogP contribution in [0.1, 0.15) is 13.8 Å². The highest BCUT2D eigenvalue weighted by Crippen LogP contribution is 2.39. The Kier molecular flexibility index (Phi) is 2.73. The fraction of sp³-hybridized carbons (Fsp3) is 0.500. The monoisotopic (exact) mass is 265 g/mol. The topological polar surface area (TPSA) is 31.9 Å². The summed E-state index contributed by atoms with van der Waals surface area (Å²) in [6, 6.07) is 7.78. The molecule has 0 radical (unpaired) electrons. The van der Waals surface area contributed by atoms with Crippen molar-refractivity contribution in [2.75, 3.05) is 18.0 Å². The van der Waals surface area contributed by atoms with Crippen molar-refractivity contribution in [1.82, 2.24) is 10.2 Å². The number of hydrogen-bond acceptors (Lipinski definition) is 2. The maximum atomic E-state index is 13.9. The van der Waals surface area contributed by atoms with Crippen LogP contribution in [0.25, 0.3) is 10.9 Å².